The van der Waals surface area contributed by atoms with Crippen molar-refractivity contribution in [2.45, 2.75) is 19.1 Å². The summed E-state index contributed by atoms with van der Waals surface area (Å²) in [5.41, 5.74) is 1.36. The van der Waals surface area contributed by atoms with Crippen LogP contribution < -0.4 is 4.43 Å². The second kappa shape index (κ2) is 3.81. The van der Waals surface area contributed by atoms with Crippen LogP contribution in [0.25, 0.3) is 0 Å². The van der Waals surface area contributed by atoms with Gasteiger partial charge in [0.2, 0.25) is 15.2 Å². The van der Waals surface area contributed by atoms with Gasteiger partial charge in [-0.2, -0.15) is 0 Å². The molecule has 1 heteroatoms. The number of benzene rings is 1. The highest BCUT2D eigenvalue weighted by Crippen LogP contribution is 1.92. The molecule has 0 nitrogen and oxygen atoms in total. The molecule has 0 saturated heterocycles. The Kier molecular flexibility index (Phi) is 2.99. The summed E-state index contributed by atoms with van der Waals surface area (Å²) in [5, 5.41) is 1.32. The van der Waals surface area contributed by atoms with Gasteiger partial charge in [0.05, 0.1) is 0 Å². The molecule has 10 heavy (non-hydrogen) atoms. The van der Waals surface area contributed by atoms with Crippen LogP contribution in [0.2, 0.25) is 5.28 Å². The molecular formula is C9H12Al. The maximum atomic E-state index is 2.25. The molecule has 0 atom stereocenters. The van der Waals surface area contributed by atoms with Crippen LogP contribution >= 0.6 is 0 Å². The lowest BCUT2D eigenvalue weighted by Gasteiger charge is -1.96. The van der Waals surface area contributed by atoms with Gasteiger partial charge in [0, 0.05) is 0 Å². The lowest BCUT2D eigenvalue weighted by molar-refractivity contribution is 1.45. The molecule has 0 aliphatic rings. The molecule has 1 rings (SSSR count). The van der Waals surface area contributed by atoms with E-state index in [0.717, 1.165) is 0 Å². The van der Waals surface area contributed by atoms with Gasteiger partial charge in [0.15, 0.2) is 0 Å². The molecule has 0 bridgehead atoms. The van der Waals surface area contributed by atoms with Gasteiger partial charge in [0.1, 0.15) is 0 Å². The highest BCUT2D eigenvalue weighted by molar-refractivity contribution is 6.53. The Hall–Kier alpha value is -0.248. The lowest BCUT2D eigenvalue weighted by atomic mass is 10.2. The number of aryl methyl sites for hydroxylation is 1. The van der Waals surface area contributed by atoms with Gasteiger partial charge in [-0.1, -0.05) is 36.8 Å². The molecule has 0 fully saturated rings. The molecule has 0 unspecified atom stereocenters. The van der Waals surface area contributed by atoms with E-state index in [1.165, 1.54) is 15.3 Å². The fourth-order valence-electron chi connectivity index (χ4n) is 0.938. The topological polar surface area (TPSA) is 0 Å². The quantitative estimate of drug-likeness (QED) is 0.559. The van der Waals surface area contributed by atoms with Crippen LogP contribution in [-0.4, -0.2) is 15.2 Å². The van der Waals surface area contributed by atoms with Gasteiger partial charge in [-0.25, -0.2) is 0 Å². The summed E-state index contributed by atoms with van der Waals surface area (Å²) in [5.74, 6) is 0. The third-order valence-electron chi connectivity index (χ3n) is 1.52. The average molecular weight is 147 g/mol. The summed E-state index contributed by atoms with van der Waals surface area (Å²) in [6.45, 7) is 4.38. The monoisotopic (exact) mass is 147 g/mol. The SMILES string of the molecule is C[CH2][Al][c]1ccc(C)cc1. The smallest absolute Gasteiger partial charge is 0.124 e. The first-order valence-corrected chi connectivity index (χ1v) is 5.12. The Morgan fingerprint density at radius 1 is 1.20 bits per heavy atom. The van der Waals surface area contributed by atoms with Crippen molar-refractivity contribution < 1.29 is 0 Å². The second-order valence-corrected chi connectivity index (χ2v) is 4.41. The second-order valence-electron chi connectivity index (χ2n) is 2.52. The van der Waals surface area contributed by atoms with Crippen molar-refractivity contribution in [3.05, 3.63) is 29.8 Å². The largest absolute Gasteiger partial charge is 0.250 e. The Morgan fingerprint density at radius 2 is 1.80 bits per heavy atom. The average Bonchev–Trinajstić information content (AvgIpc) is 1.95. The van der Waals surface area contributed by atoms with Crippen molar-refractivity contribution in [1.82, 2.24) is 0 Å². The van der Waals surface area contributed by atoms with Crippen molar-refractivity contribution in [3.63, 3.8) is 0 Å². The summed E-state index contributed by atoms with van der Waals surface area (Å²) in [6, 6.07) is 8.87. The first-order chi connectivity index (χ1) is 4.83. The van der Waals surface area contributed by atoms with Crippen LogP contribution in [0.3, 0.4) is 0 Å². The zero-order valence-corrected chi connectivity index (χ0v) is 7.75. The number of hydrogen-bond acceptors (Lipinski definition) is 0. The molecule has 0 heterocycles. The Balaban J connectivity index is 2.69. The number of rotatable bonds is 2. The molecule has 0 aromatic heterocycles. The third kappa shape index (κ3) is 2.17. The van der Waals surface area contributed by atoms with E-state index >= 15 is 0 Å². The zero-order chi connectivity index (χ0) is 7.40. The molecule has 1 radical (unpaired) electrons. The molecule has 0 aliphatic heterocycles. The van der Waals surface area contributed by atoms with Crippen molar-refractivity contribution in [1.29, 1.82) is 0 Å². The Bertz CT molecular complexity index is 188. The standard InChI is InChI=1S/C7H7.C2H5.Al/c1-7-5-3-2-4-6-7;1-2;/h3-6H,1H3;1H2,2H3;. The molecular weight excluding hydrogens is 135 g/mol. The van der Waals surface area contributed by atoms with E-state index in [1.807, 2.05) is 0 Å². The van der Waals surface area contributed by atoms with Gasteiger partial charge in [-0.3, -0.25) is 0 Å². The maximum Gasteiger partial charge on any atom is 0.250 e. The third-order valence-corrected chi connectivity index (χ3v) is 2.78. The van der Waals surface area contributed by atoms with Gasteiger partial charge in [0.25, 0.3) is 0 Å². The van der Waals surface area contributed by atoms with Crippen molar-refractivity contribution in [2.75, 3.05) is 0 Å². The molecule has 0 aliphatic carbocycles. The zero-order valence-electron chi connectivity index (χ0n) is 6.59. The summed E-state index contributed by atoms with van der Waals surface area (Å²) in [7, 11) is 0. The van der Waals surface area contributed by atoms with Gasteiger partial charge in [-0.15, -0.1) is 9.71 Å². The fraction of sp³-hybridized carbons (Fsp3) is 0.333. The van der Waals surface area contributed by atoms with Crippen LogP contribution in [0, 0.1) is 6.92 Å². The Morgan fingerprint density at radius 3 is 2.30 bits per heavy atom. The minimum Gasteiger partial charge on any atom is -0.124 e. The van der Waals surface area contributed by atoms with E-state index < -0.39 is 0 Å². The molecule has 1 aromatic carbocycles. The highest BCUT2D eigenvalue weighted by Gasteiger charge is 1.91. The van der Waals surface area contributed by atoms with Crippen LogP contribution in [0.4, 0.5) is 0 Å². The minimum absolute atomic E-state index is 0.533. The number of hydrogen-bond donors (Lipinski definition) is 0. The molecule has 0 N–H and O–H groups in total. The molecule has 0 amide bonds. The maximum absolute atomic E-state index is 2.25. The van der Waals surface area contributed by atoms with Gasteiger partial charge in [-0.05, 0) is 6.92 Å². The first kappa shape index (κ1) is 7.86. The van der Waals surface area contributed by atoms with Crippen LogP contribution in [0.15, 0.2) is 24.3 Å². The summed E-state index contributed by atoms with van der Waals surface area (Å²) < 4.78 is 1.54. The van der Waals surface area contributed by atoms with E-state index in [9.17, 15) is 0 Å². The molecule has 0 saturated carbocycles. The van der Waals surface area contributed by atoms with Crippen LogP contribution in [0.1, 0.15) is 12.5 Å². The molecule has 1 aromatic rings. The normalized spacial score (nSPS) is 9.40. The molecule has 0 spiro atoms. The fourth-order valence-corrected chi connectivity index (χ4v) is 1.87. The van der Waals surface area contributed by atoms with E-state index in [4.69, 9.17) is 0 Å². The summed E-state index contributed by atoms with van der Waals surface area (Å²) in [6.07, 6.45) is 0. The van der Waals surface area contributed by atoms with Crippen molar-refractivity contribution in [3.8, 4) is 0 Å². The Labute approximate surface area is 69.0 Å². The van der Waals surface area contributed by atoms with Gasteiger partial charge >= 0.3 is 0 Å². The van der Waals surface area contributed by atoms with Crippen LogP contribution in [-0.2, 0) is 0 Å². The molecule has 51 valence electrons. The summed E-state index contributed by atoms with van der Waals surface area (Å²) >= 11 is 0.533. The van der Waals surface area contributed by atoms with E-state index in [1.54, 1.807) is 0 Å². The predicted molar refractivity (Wildman–Crippen MR) is 47.0 cm³/mol. The van der Waals surface area contributed by atoms with Crippen LogP contribution in [0.5, 0.6) is 0 Å². The van der Waals surface area contributed by atoms with E-state index in [2.05, 4.69) is 38.1 Å². The lowest BCUT2D eigenvalue weighted by Crippen LogP contribution is -2.11. The van der Waals surface area contributed by atoms with Crippen molar-refractivity contribution in [2.24, 2.45) is 0 Å². The van der Waals surface area contributed by atoms with E-state index in [-0.39, 0.29) is 0 Å². The predicted octanol–water partition coefficient (Wildman–Crippen LogP) is 1.76. The van der Waals surface area contributed by atoms with Crippen molar-refractivity contribution >= 4 is 19.6 Å². The first-order valence-electron chi connectivity index (χ1n) is 3.73. The van der Waals surface area contributed by atoms with E-state index in [0.29, 0.717) is 15.2 Å². The van der Waals surface area contributed by atoms with Gasteiger partial charge < -0.3 is 0 Å². The summed E-state index contributed by atoms with van der Waals surface area (Å²) in [4.78, 5) is 0. The highest BCUT2D eigenvalue weighted by atomic mass is 27.1. The minimum atomic E-state index is 0.533.